The Morgan fingerprint density at radius 2 is 1.96 bits per heavy atom. The van der Waals surface area contributed by atoms with Gasteiger partial charge >= 0.3 is 0 Å². The van der Waals surface area contributed by atoms with Crippen LogP contribution in [-0.4, -0.2) is 15.5 Å². The predicted octanol–water partition coefficient (Wildman–Crippen LogP) is 4.59. The van der Waals surface area contributed by atoms with Crippen molar-refractivity contribution in [2.24, 2.45) is 0 Å². The van der Waals surface area contributed by atoms with Gasteiger partial charge in [-0.3, -0.25) is 4.79 Å². The molecule has 1 aromatic heterocycles. The molecule has 0 aliphatic carbocycles. The summed E-state index contributed by atoms with van der Waals surface area (Å²) in [6.45, 7) is 7.23. The standard InChI is InChI=1S/C19H29N3O/c1-4-6-7-10-14-22-17-13-9-8-12-16(17)21-19(22)15(3)20-18(23)11-5-2/h8-9,12-13,15H,4-7,10-11,14H2,1-3H3,(H,20,23). The second-order valence-corrected chi connectivity index (χ2v) is 6.21. The number of para-hydroxylation sites is 2. The van der Waals surface area contributed by atoms with Gasteiger partial charge in [-0.1, -0.05) is 45.2 Å². The fourth-order valence-corrected chi connectivity index (χ4v) is 2.96. The molecule has 1 amide bonds. The minimum absolute atomic E-state index is 0.0624. The SMILES string of the molecule is CCCCCCn1c(C(C)NC(=O)CCC)nc2ccccc21. The Labute approximate surface area is 139 Å². The number of amides is 1. The first-order valence-corrected chi connectivity index (χ1v) is 8.91. The van der Waals surface area contributed by atoms with Crippen LogP contribution in [0.3, 0.4) is 0 Å². The maximum absolute atomic E-state index is 11.9. The first-order valence-electron chi connectivity index (χ1n) is 8.91. The molecular formula is C19H29N3O. The largest absolute Gasteiger partial charge is 0.346 e. The molecule has 0 aliphatic heterocycles. The fourth-order valence-electron chi connectivity index (χ4n) is 2.96. The summed E-state index contributed by atoms with van der Waals surface area (Å²) >= 11 is 0. The minimum Gasteiger partial charge on any atom is -0.346 e. The molecule has 1 N–H and O–H groups in total. The van der Waals surface area contributed by atoms with E-state index in [9.17, 15) is 4.79 Å². The Morgan fingerprint density at radius 1 is 1.17 bits per heavy atom. The zero-order chi connectivity index (χ0) is 16.7. The molecule has 4 heteroatoms. The number of aromatic nitrogens is 2. The first kappa shape index (κ1) is 17.5. The van der Waals surface area contributed by atoms with Crippen molar-refractivity contribution in [2.75, 3.05) is 0 Å². The van der Waals surface area contributed by atoms with Crippen LogP contribution in [0.4, 0.5) is 0 Å². The van der Waals surface area contributed by atoms with Crippen LogP contribution in [0.5, 0.6) is 0 Å². The number of imidazole rings is 1. The number of hydrogen-bond donors (Lipinski definition) is 1. The maximum atomic E-state index is 11.9. The second kappa shape index (κ2) is 8.70. The number of fused-ring (bicyclic) bond motifs is 1. The summed E-state index contributed by atoms with van der Waals surface area (Å²) in [6.07, 6.45) is 6.33. The van der Waals surface area contributed by atoms with Gasteiger partial charge in [-0.25, -0.2) is 4.98 Å². The van der Waals surface area contributed by atoms with E-state index < -0.39 is 0 Å². The van der Waals surface area contributed by atoms with Crippen molar-refractivity contribution in [3.05, 3.63) is 30.1 Å². The third kappa shape index (κ3) is 4.57. The molecule has 2 aromatic rings. The lowest BCUT2D eigenvalue weighted by molar-refractivity contribution is -0.121. The molecule has 0 saturated heterocycles. The van der Waals surface area contributed by atoms with Crippen molar-refractivity contribution < 1.29 is 4.79 Å². The lowest BCUT2D eigenvalue weighted by Gasteiger charge is -2.16. The van der Waals surface area contributed by atoms with E-state index in [1.807, 2.05) is 26.0 Å². The van der Waals surface area contributed by atoms with Crippen LogP contribution in [0.2, 0.25) is 0 Å². The summed E-state index contributed by atoms with van der Waals surface area (Å²) in [7, 11) is 0. The number of nitrogens with one attached hydrogen (secondary N) is 1. The van der Waals surface area contributed by atoms with Gasteiger partial charge in [0.15, 0.2) is 0 Å². The van der Waals surface area contributed by atoms with Crippen LogP contribution >= 0.6 is 0 Å². The van der Waals surface area contributed by atoms with Gasteiger partial charge in [0.2, 0.25) is 5.91 Å². The highest BCUT2D eigenvalue weighted by Gasteiger charge is 2.17. The van der Waals surface area contributed by atoms with Crippen LogP contribution in [0.1, 0.15) is 71.2 Å². The Morgan fingerprint density at radius 3 is 2.70 bits per heavy atom. The van der Waals surface area contributed by atoms with Crippen LogP contribution in [0.15, 0.2) is 24.3 Å². The number of rotatable bonds is 9. The van der Waals surface area contributed by atoms with Crippen molar-refractivity contribution in [3.63, 3.8) is 0 Å². The molecule has 0 saturated carbocycles. The molecule has 2 rings (SSSR count). The molecule has 23 heavy (non-hydrogen) atoms. The molecule has 0 aliphatic rings. The van der Waals surface area contributed by atoms with E-state index in [1.165, 1.54) is 19.3 Å². The zero-order valence-corrected chi connectivity index (χ0v) is 14.6. The van der Waals surface area contributed by atoms with E-state index in [1.54, 1.807) is 0 Å². The summed E-state index contributed by atoms with van der Waals surface area (Å²) in [5.41, 5.74) is 2.17. The van der Waals surface area contributed by atoms with Gasteiger partial charge in [0.25, 0.3) is 0 Å². The number of carbonyl (C=O) groups is 1. The summed E-state index contributed by atoms with van der Waals surface area (Å²) in [6, 6.07) is 8.17. The molecule has 126 valence electrons. The Kier molecular flexibility index (Phi) is 6.63. The maximum Gasteiger partial charge on any atom is 0.220 e. The molecule has 0 bridgehead atoms. The van der Waals surface area contributed by atoms with Crippen molar-refractivity contribution in [2.45, 2.75) is 71.9 Å². The van der Waals surface area contributed by atoms with Crippen LogP contribution in [0.25, 0.3) is 11.0 Å². The Balaban J connectivity index is 2.21. The van der Waals surface area contributed by atoms with E-state index in [-0.39, 0.29) is 11.9 Å². The highest BCUT2D eigenvalue weighted by molar-refractivity contribution is 5.78. The van der Waals surface area contributed by atoms with Gasteiger partial charge in [-0.05, 0) is 31.9 Å². The van der Waals surface area contributed by atoms with E-state index in [2.05, 4.69) is 28.9 Å². The van der Waals surface area contributed by atoms with Crippen LogP contribution < -0.4 is 5.32 Å². The number of carbonyl (C=O) groups excluding carboxylic acids is 1. The van der Waals surface area contributed by atoms with Crippen molar-refractivity contribution in [1.29, 1.82) is 0 Å². The monoisotopic (exact) mass is 315 g/mol. The normalized spacial score (nSPS) is 12.5. The lowest BCUT2D eigenvalue weighted by atomic mass is 10.2. The summed E-state index contributed by atoms with van der Waals surface area (Å²) in [4.78, 5) is 16.7. The van der Waals surface area contributed by atoms with E-state index >= 15 is 0 Å². The highest BCUT2D eigenvalue weighted by atomic mass is 16.1. The molecule has 0 spiro atoms. The fraction of sp³-hybridized carbons (Fsp3) is 0.579. The van der Waals surface area contributed by atoms with Gasteiger partial charge in [0.05, 0.1) is 17.1 Å². The molecule has 1 unspecified atom stereocenters. The number of benzene rings is 1. The average molecular weight is 315 g/mol. The van der Waals surface area contributed by atoms with Crippen LogP contribution in [0, 0.1) is 0 Å². The van der Waals surface area contributed by atoms with E-state index in [0.29, 0.717) is 6.42 Å². The molecule has 1 aromatic carbocycles. The average Bonchev–Trinajstić information content (AvgIpc) is 2.91. The molecule has 1 heterocycles. The summed E-state index contributed by atoms with van der Waals surface area (Å²) < 4.78 is 2.28. The molecule has 4 nitrogen and oxygen atoms in total. The third-order valence-corrected chi connectivity index (χ3v) is 4.16. The highest BCUT2D eigenvalue weighted by Crippen LogP contribution is 2.22. The van der Waals surface area contributed by atoms with Crippen molar-refractivity contribution in [1.82, 2.24) is 14.9 Å². The van der Waals surface area contributed by atoms with E-state index in [4.69, 9.17) is 4.98 Å². The van der Waals surface area contributed by atoms with E-state index in [0.717, 1.165) is 36.2 Å². The van der Waals surface area contributed by atoms with Gasteiger partial charge in [-0.2, -0.15) is 0 Å². The third-order valence-electron chi connectivity index (χ3n) is 4.16. The number of unbranched alkanes of at least 4 members (excludes halogenated alkanes) is 3. The quantitative estimate of drug-likeness (QED) is 0.688. The topological polar surface area (TPSA) is 46.9 Å². The Hall–Kier alpha value is -1.84. The predicted molar refractivity (Wildman–Crippen MR) is 95.3 cm³/mol. The summed E-state index contributed by atoms with van der Waals surface area (Å²) in [5.74, 6) is 1.07. The van der Waals surface area contributed by atoms with Crippen molar-refractivity contribution >= 4 is 16.9 Å². The zero-order valence-electron chi connectivity index (χ0n) is 14.6. The molecule has 0 radical (unpaired) electrons. The Bertz CT molecular complexity index is 633. The van der Waals surface area contributed by atoms with Gasteiger partial charge in [-0.15, -0.1) is 0 Å². The van der Waals surface area contributed by atoms with Gasteiger partial charge in [0.1, 0.15) is 5.82 Å². The number of hydrogen-bond acceptors (Lipinski definition) is 2. The lowest BCUT2D eigenvalue weighted by Crippen LogP contribution is -2.28. The number of nitrogens with zero attached hydrogens (tertiary/aromatic N) is 2. The molecule has 0 fully saturated rings. The molecular weight excluding hydrogens is 286 g/mol. The van der Waals surface area contributed by atoms with Gasteiger partial charge in [0, 0.05) is 13.0 Å². The van der Waals surface area contributed by atoms with Gasteiger partial charge < -0.3 is 9.88 Å². The van der Waals surface area contributed by atoms with Crippen molar-refractivity contribution in [3.8, 4) is 0 Å². The smallest absolute Gasteiger partial charge is 0.220 e. The number of aryl methyl sites for hydroxylation is 1. The first-order chi connectivity index (χ1) is 11.2. The summed E-state index contributed by atoms with van der Waals surface area (Å²) in [5, 5.41) is 3.08. The minimum atomic E-state index is -0.0624. The van der Waals surface area contributed by atoms with Crippen LogP contribution in [-0.2, 0) is 11.3 Å². The molecule has 1 atom stereocenters. The second-order valence-electron chi connectivity index (χ2n) is 6.21.